The average Bonchev–Trinajstić information content (AvgIpc) is 3.24. The second kappa shape index (κ2) is 8.40. The molecule has 132 valence electrons. The predicted molar refractivity (Wildman–Crippen MR) is 102 cm³/mol. The molecule has 0 bridgehead atoms. The number of carbonyl (C=O) groups is 2. The molecule has 26 heavy (non-hydrogen) atoms. The number of hydrogen-bond donors (Lipinski definition) is 0. The number of hydrogen-bond acceptors (Lipinski definition) is 9. The molecular formula is C17H13N3O3S3. The van der Waals surface area contributed by atoms with E-state index < -0.39 is 24.3 Å². The summed E-state index contributed by atoms with van der Waals surface area (Å²) in [5.74, 6) is -1.94. The largest absolute Gasteiger partial charge is 0.457 e. The predicted octanol–water partition coefficient (Wildman–Crippen LogP) is 3.57. The Morgan fingerprint density at radius 2 is 2.15 bits per heavy atom. The van der Waals surface area contributed by atoms with Crippen molar-refractivity contribution in [3.8, 4) is 6.07 Å². The Balaban J connectivity index is 1.50. The van der Waals surface area contributed by atoms with Crippen LogP contribution in [0, 0.1) is 18.3 Å². The molecule has 2 aromatic heterocycles. The van der Waals surface area contributed by atoms with Gasteiger partial charge in [-0.05, 0) is 19.1 Å². The summed E-state index contributed by atoms with van der Waals surface area (Å²) in [6, 6.07) is 9.65. The number of fused-ring (bicyclic) bond motifs is 1. The summed E-state index contributed by atoms with van der Waals surface area (Å²) in [5, 5.41) is 11.4. The van der Waals surface area contributed by atoms with Crippen LogP contribution in [0.4, 0.5) is 0 Å². The third-order valence-corrected chi connectivity index (χ3v) is 6.48. The van der Waals surface area contributed by atoms with Crippen molar-refractivity contribution in [2.75, 3.05) is 12.4 Å². The van der Waals surface area contributed by atoms with Gasteiger partial charge in [-0.15, -0.1) is 22.7 Å². The molecule has 1 aromatic carbocycles. The maximum atomic E-state index is 12.1. The molecular weight excluding hydrogens is 390 g/mol. The number of thioether (sulfide) groups is 1. The van der Waals surface area contributed by atoms with E-state index in [1.54, 1.807) is 12.3 Å². The van der Waals surface area contributed by atoms with Gasteiger partial charge in [0.25, 0.3) is 0 Å². The summed E-state index contributed by atoms with van der Waals surface area (Å²) in [5.41, 5.74) is 1.64. The van der Waals surface area contributed by atoms with Crippen LogP contribution in [0.2, 0.25) is 0 Å². The number of nitrogens with zero attached hydrogens (tertiary/aromatic N) is 3. The highest BCUT2D eigenvalue weighted by Crippen LogP contribution is 2.29. The number of ketones is 1. The quantitative estimate of drug-likeness (QED) is 0.440. The van der Waals surface area contributed by atoms with E-state index in [2.05, 4.69) is 9.97 Å². The van der Waals surface area contributed by atoms with Gasteiger partial charge in [-0.3, -0.25) is 9.59 Å². The summed E-state index contributed by atoms with van der Waals surface area (Å²) in [7, 11) is 0. The zero-order chi connectivity index (χ0) is 18.5. The number of rotatable bonds is 7. The van der Waals surface area contributed by atoms with E-state index in [-0.39, 0.29) is 5.75 Å². The molecule has 0 spiro atoms. The number of aromatic nitrogens is 2. The number of esters is 1. The SMILES string of the molecule is Cc1csc([C@@H](C#N)C(=O)COC(=O)CSc2nc3ccccc3s2)n1. The Morgan fingerprint density at radius 3 is 2.85 bits per heavy atom. The van der Waals surface area contributed by atoms with Crippen LogP contribution in [0.25, 0.3) is 10.2 Å². The number of para-hydroxylation sites is 1. The highest BCUT2D eigenvalue weighted by Gasteiger charge is 2.24. The van der Waals surface area contributed by atoms with Crippen molar-refractivity contribution in [3.05, 3.63) is 40.3 Å². The molecule has 0 aliphatic heterocycles. The second-order valence-electron chi connectivity index (χ2n) is 5.25. The fraction of sp³-hybridized carbons (Fsp3) is 0.235. The van der Waals surface area contributed by atoms with Gasteiger partial charge >= 0.3 is 5.97 Å². The van der Waals surface area contributed by atoms with Crippen LogP contribution in [0.1, 0.15) is 16.6 Å². The minimum absolute atomic E-state index is 0.0562. The van der Waals surface area contributed by atoms with Gasteiger partial charge < -0.3 is 4.74 Å². The van der Waals surface area contributed by atoms with E-state index in [1.165, 1.54) is 34.4 Å². The van der Waals surface area contributed by atoms with E-state index in [9.17, 15) is 14.9 Å². The molecule has 6 nitrogen and oxygen atoms in total. The van der Waals surface area contributed by atoms with E-state index in [0.717, 1.165) is 20.3 Å². The van der Waals surface area contributed by atoms with E-state index in [4.69, 9.17) is 4.74 Å². The topological polar surface area (TPSA) is 92.9 Å². The molecule has 1 atom stereocenters. The Labute approximate surface area is 161 Å². The smallest absolute Gasteiger partial charge is 0.316 e. The van der Waals surface area contributed by atoms with Crippen LogP contribution in [-0.4, -0.2) is 34.1 Å². The lowest BCUT2D eigenvalue weighted by Crippen LogP contribution is -2.20. The maximum absolute atomic E-state index is 12.1. The van der Waals surface area contributed by atoms with Crippen LogP contribution in [-0.2, 0) is 14.3 Å². The Morgan fingerprint density at radius 1 is 1.35 bits per heavy atom. The second-order valence-corrected chi connectivity index (χ2v) is 8.40. The highest BCUT2D eigenvalue weighted by atomic mass is 32.2. The summed E-state index contributed by atoms with van der Waals surface area (Å²) >= 11 is 4.01. The van der Waals surface area contributed by atoms with Gasteiger partial charge in [0.15, 0.2) is 22.6 Å². The van der Waals surface area contributed by atoms with Crippen molar-refractivity contribution in [1.82, 2.24) is 9.97 Å². The first kappa shape index (κ1) is 18.5. The van der Waals surface area contributed by atoms with Crippen LogP contribution < -0.4 is 0 Å². The molecule has 0 aliphatic rings. The van der Waals surface area contributed by atoms with Gasteiger partial charge in [-0.25, -0.2) is 9.97 Å². The molecule has 3 aromatic rings. The van der Waals surface area contributed by atoms with Gasteiger partial charge in [0.05, 0.1) is 22.0 Å². The van der Waals surface area contributed by atoms with E-state index >= 15 is 0 Å². The fourth-order valence-corrected chi connectivity index (χ4v) is 4.81. The van der Waals surface area contributed by atoms with Crippen LogP contribution in [0.5, 0.6) is 0 Å². The number of benzene rings is 1. The molecule has 2 heterocycles. The zero-order valence-electron chi connectivity index (χ0n) is 13.7. The maximum Gasteiger partial charge on any atom is 0.316 e. The summed E-state index contributed by atoms with van der Waals surface area (Å²) in [4.78, 5) is 32.6. The molecule has 3 rings (SSSR count). The van der Waals surface area contributed by atoms with Crippen molar-refractivity contribution >= 4 is 56.4 Å². The van der Waals surface area contributed by atoms with Crippen molar-refractivity contribution in [2.24, 2.45) is 0 Å². The Hall–Kier alpha value is -2.28. The lowest BCUT2D eigenvalue weighted by atomic mass is 10.1. The first-order valence-electron chi connectivity index (χ1n) is 7.55. The number of ether oxygens (including phenoxy) is 1. The fourth-order valence-electron chi connectivity index (χ4n) is 2.08. The molecule has 0 saturated heterocycles. The van der Waals surface area contributed by atoms with Crippen molar-refractivity contribution in [1.29, 1.82) is 5.26 Å². The highest BCUT2D eigenvalue weighted by molar-refractivity contribution is 8.01. The molecule has 0 aliphatic carbocycles. The summed E-state index contributed by atoms with van der Waals surface area (Å²) < 4.78 is 6.82. The number of thiazole rings is 2. The molecule has 0 N–H and O–H groups in total. The standard InChI is InChI=1S/C17H13N3O3S3/c1-10-8-24-16(19-10)11(6-18)13(21)7-23-15(22)9-25-17-20-12-4-2-3-5-14(12)26-17/h2-5,8,11H,7,9H2,1H3/t11-/m0/s1. The normalized spacial score (nSPS) is 11.8. The number of aryl methyl sites for hydroxylation is 1. The minimum atomic E-state index is -1.00. The summed E-state index contributed by atoms with van der Waals surface area (Å²) in [6.45, 7) is 1.36. The first-order valence-corrected chi connectivity index (χ1v) is 10.2. The summed E-state index contributed by atoms with van der Waals surface area (Å²) in [6.07, 6.45) is 0. The van der Waals surface area contributed by atoms with Crippen LogP contribution in [0.15, 0.2) is 34.0 Å². The lowest BCUT2D eigenvalue weighted by Gasteiger charge is -2.06. The molecule has 0 amide bonds. The van der Waals surface area contributed by atoms with Crippen molar-refractivity contribution in [2.45, 2.75) is 17.2 Å². The molecule has 0 fully saturated rings. The third kappa shape index (κ3) is 4.46. The van der Waals surface area contributed by atoms with Crippen molar-refractivity contribution in [3.63, 3.8) is 0 Å². The first-order chi connectivity index (χ1) is 12.6. The number of nitriles is 1. The molecule has 0 radical (unpaired) electrons. The molecule has 0 unspecified atom stereocenters. The molecule has 0 saturated carbocycles. The van der Waals surface area contributed by atoms with Gasteiger partial charge in [-0.1, -0.05) is 23.9 Å². The lowest BCUT2D eigenvalue weighted by molar-refractivity contribution is -0.145. The van der Waals surface area contributed by atoms with Gasteiger partial charge in [0, 0.05) is 11.1 Å². The van der Waals surface area contributed by atoms with E-state index in [0.29, 0.717) is 5.01 Å². The zero-order valence-corrected chi connectivity index (χ0v) is 16.1. The average molecular weight is 404 g/mol. The van der Waals surface area contributed by atoms with Gasteiger partial charge in [0.1, 0.15) is 5.01 Å². The molecule has 9 heteroatoms. The third-order valence-electron chi connectivity index (χ3n) is 3.30. The monoisotopic (exact) mass is 403 g/mol. The van der Waals surface area contributed by atoms with Crippen LogP contribution >= 0.6 is 34.4 Å². The number of Topliss-reactive ketones (excluding diaryl/α,β-unsaturated/α-hetero) is 1. The Bertz CT molecular complexity index is 957. The minimum Gasteiger partial charge on any atom is -0.457 e. The van der Waals surface area contributed by atoms with Crippen LogP contribution in [0.3, 0.4) is 0 Å². The van der Waals surface area contributed by atoms with Gasteiger partial charge in [-0.2, -0.15) is 5.26 Å². The van der Waals surface area contributed by atoms with Gasteiger partial charge in [0.2, 0.25) is 0 Å². The van der Waals surface area contributed by atoms with Crippen molar-refractivity contribution < 1.29 is 14.3 Å². The number of carbonyl (C=O) groups excluding carboxylic acids is 2. The van der Waals surface area contributed by atoms with E-state index in [1.807, 2.05) is 30.3 Å². The Kier molecular flexibility index (Phi) is 5.98.